The van der Waals surface area contributed by atoms with Gasteiger partial charge in [-0.15, -0.1) is 0 Å². The molecular formula is C23H37N5O. The van der Waals surface area contributed by atoms with E-state index in [4.69, 9.17) is 0 Å². The molecule has 2 heterocycles. The minimum Gasteiger partial charge on any atom is -0.352 e. The average Bonchev–Trinajstić information content (AvgIpc) is 3.24. The van der Waals surface area contributed by atoms with Gasteiger partial charge in [-0.2, -0.15) is 0 Å². The fourth-order valence-corrected chi connectivity index (χ4v) is 4.70. The highest BCUT2D eigenvalue weighted by Crippen LogP contribution is 2.33. The third kappa shape index (κ3) is 5.87. The standard InChI is InChI=1S/C23H37N5O/c1-4-11-23(2)12-8-15-28(18-23)21(24-3)25-17-19-9-7-10-20(16-19)26-22(29)27-13-5-6-14-27/h7,9-10,16H,4-6,8,11-15,17-18H2,1-3H3,(H,24,25)(H,26,29). The number of nitrogens with zero attached hydrogens (tertiary/aromatic N) is 3. The smallest absolute Gasteiger partial charge is 0.321 e. The Balaban J connectivity index is 1.56. The quantitative estimate of drug-likeness (QED) is 0.573. The Labute approximate surface area is 175 Å². The Morgan fingerprint density at radius 2 is 1.93 bits per heavy atom. The maximum Gasteiger partial charge on any atom is 0.321 e. The molecule has 1 aromatic rings. The third-order valence-corrected chi connectivity index (χ3v) is 6.17. The van der Waals surface area contributed by atoms with Crippen molar-refractivity contribution in [2.75, 3.05) is 38.5 Å². The maximum absolute atomic E-state index is 12.3. The van der Waals surface area contributed by atoms with Crippen LogP contribution in [-0.2, 0) is 6.54 Å². The highest BCUT2D eigenvalue weighted by atomic mass is 16.2. The number of rotatable bonds is 5. The van der Waals surface area contributed by atoms with Gasteiger partial charge < -0.3 is 20.4 Å². The van der Waals surface area contributed by atoms with Crippen molar-refractivity contribution in [2.45, 2.75) is 58.9 Å². The molecule has 1 atom stereocenters. The van der Waals surface area contributed by atoms with Gasteiger partial charge in [-0.25, -0.2) is 4.79 Å². The summed E-state index contributed by atoms with van der Waals surface area (Å²) in [5, 5.41) is 6.56. The highest BCUT2D eigenvalue weighted by molar-refractivity contribution is 5.89. The van der Waals surface area contributed by atoms with Crippen LogP contribution in [0.4, 0.5) is 10.5 Å². The largest absolute Gasteiger partial charge is 0.352 e. The van der Waals surface area contributed by atoms with Gasteiger partial charge in [0.15, 0.2) is 5.96 Å². The second kappa shape index (κ2) is 9.99. The number of carbonyl (C=O) groups excluding carboxylic acids is 1. The van der Waals surface area contributed by atoms with Crippen LogP contribution >= 0.6 is 0 Å². The third-order valence-electron chi connectivity index (χ3n) is 6.17. The number of amides is 2. The van der Waals surface area contributed by atoms with Crippen LogP contribution in [0.3, 0.4) is 0 Å². The van der Waals surface area contributed by atoms with Crippen LogP contribution in [0, 0.1) is 5.41 Å². The zero-order chi connectivity index (χ0) is 20.7. The van der Waals surface area contributed by atoms with Gasteiger partial charge in [-0.3, -0.25) is 4.99 Å². The topological polar surface area (TPSA) is 60.0 Å². The van der Waals surface area contributed by atoms with Crippen LogP contribution in [0.1, 0.15) is 57.9 Å². The van der Waals surface area contributed by atoms with Crippen molar-refractivity contribution in [1.29, 1.82) is 0 Å². The molecule has 2 saturated heterocycles. The molecule has 0 aliphatic carbocycles. The minimum atomic E-state index is 0.00643. The summed E-state index contributed by atoms with van der Waals surface area (Å²) in [6, 6.07) is 8.09. The summed E-state index contributed by atoms with van der Waals surface area (Å²) in [5.41, 5.74) is 2.37. The Morgan fingerprint density at radius 1 is 1.17 bits per heavy atom. The lowest BCUT2D eigenvalue weighted by atomic mass is 9.78. The number of likely N-dealkylation sites (tertiary alicyclic amines) is 2. The number of benzene rings is 1. The molecule has 160 valence electrons. The minimum absolute atomic E-state index is 0.00643. The predicted octanol–water partition coefficient (Wildman–Crippen LogP) is 4.29. The van der Waals surface area contributed by atoms with E-state index in [-0.39, 0.29) is 6.03 Å². The molecule has 3 rings (SSSR count). The van der Waals surface area contributed by atoms with Crippen LogP contribution in [0.5, 0.6) is 0 Å². The molecule has 2 amide bonds. The molecule has 2 aliphatic heterocycles. The SMILES string of the molecule is CCCC1(C)CCCN(C(=NC)NCc2cccc(NC(=O)N3CCCC3)c2)C1. The van der Waals surface area contributed by atoms with Gasteiger partial charge in [-0.1, -0.05) is 32.4 Å². The summed E-state index contributed by atoms with van der Waals surface area (Å²) in [6.07, 6.45) is 7.21. The van der Waals surface area contributed by atoms with Crippen molar-refractivity contribution < 1.29 is 4.79 Å². The first kappa shape index (κ1) is 21.5. The fourth-order valence-electron chi connectivity index (χ4n) is 4.70. The monoisotopic (exact) mass is 399 g/mol. The number of hydrogen-bond donors (Lipinski definition) is 2. The molecule has 6 nitrogen and oxygen atoms in total. The summed E-state index contributed by atoms with van der Waals surface area (Å²) in [6.45, 7) is 9.21. The second-order valence-corrected chi connectivity index (χ2v) is 8.81. The first-order valence-electron chi connectivity index (χ1n) is 11.1. The van der Waals surface area contributed by atoms with Gasteiger partial charge >= 0.3 is 6.03 Å². The second-order valence-electron chi connectivity index (χ2n) is 8.81. The summed E-state index contributed by atoms with van der Waals surface area (Å²) in [5.74, 6) is 0.971. The molecule has 0 aromatic heterocycles. The number of guanidine groups is 1. The summed E-state index contributed by atoms with van der Waals surface area (Å²) < 4.78 is 0. The van der Waals surface area contributed by atoms with Gasteiger partial charge in [-0.05, 0) is 55.2 Å². The van der Waals surface area contributed by atoms with E-state index in [2.05, 4.69) is 40.4 Å². The first-order chi connectivity index (χ1) is 14.0. The molecule has 1 unspecified atom stereocenters. The first-order valence-corrected chi connectivity index (χ1v) is 11.1. The van der Waals surface area contributed by atoms with Crippen molar-refractivity contribution >= 4 is 17.7 Å². The van der Waals surface area contributed by atoms with Crippen molar-refractivity contribution in [3.05, 3.63) is 29.8 Å². The van der Waals surface area contributed by atoms with E-state index in [0.717, 1.165) is 56.2 Å². The molecule has 2 N–H and O–H groups in total. The van der Waals surface area contributed by atoms with Crippen molar-refractivity contribution in [3.8, 4) is 0 Å². The van der Waals surface area contributed by atoms with E-state index in [0.29, 0.717) is 12.0 Å². The van der Waals surface area contributed by atoms with Gasteiger partial charge in [0.05, 0.1) is 0 Å². The Bertz CT molecular complexity index is 709. The maximum atomic E-state index is 12.3. The normalized spacial score (nSPS) is 22.7. The van der Waals surface area contributed by atoms with Crippen molar-refractivity contribution in [2.24, 2.45) is 10.4 Å². The molecule has 1 aromatic carbocycles. The number of aliphatic imine (C=N–C) groups is 1. The molecule has 0 bridgehead atoms. The van der Waals surface area contributed by atoms with Gasteiger partial charge in [0.1, 0.15) is 0 Å². The van der Waals surface area contributed by atoms with E-state index >= 15 is 0 Å². The molecular weight excluding hydrogens is 362 g/mol. The van der Waals surface area contributed by atoms with E-state index in [1.54, 1.807) is 0 Å². The summed E-state index contributed by atoms with van der Waals surface area (Å²) in [7, 11) is 1.86. The average molecular weight is 400 g/mol. The predicted molar refractivity (Wildman–Crippen MR) is 120 cm³/mol. The zero-order valence-electron chi connectivity index (χ0n) is 18.3. The van der Waals surface area contributed by atoms with E-state index in [1.807, 2.05) is 30.1 Å². The zero-order valence-corrected chi connectivity index (χ0v) is 18.3. The number of piperidine rings is 1. The molecule has 29 heavy (non-hydrogen) atoms. The molecule has 2 aliphatic rings. The summed E-state index contributed by atoms with van der Waals surface area (Å²) in [4.78, 5) is 21.1. The lowest BCUT2D eigenvalue weighted by molar-refractivity contribution is 0.142. The molecule has 0 radical (unpaired) electrons. The van der Waals surface area contributed by atoms with Gasteiger partial charge in [0.25, 0.3) is 0 Å². The Morgan fingerprint density at radius 3 is 2.66 bits per heavy atom. The lowest BCUT2D eigenvalue weighted by Crippen LogP contribution is -2.49. The van der Waals surface area contributed by atoms with Crippen LogP contribution in [0.15, 0.2) is 29.3 Å². The van der Waals surface area contributed by atoms with E-state index in [9.17, 15) is 4.79 Å². The number of urea groups is 1. The van der Waals surface area contributed by atoms with Gasteiger partial charge in [0.2, 0.25) is 0 Å². The van der Waals surface area contributed by atoms with Crippen LogP contribution < -0.4 is 10.6 Å². The number of anilines is 1. The van der Waals surface area contributed by atoms with Crippen LogP contribution in [-0.4, -0.2) is 55.0 Å². The Hall–Kier alpha value is -2.24. The Kier molecular flexibility index (Phi) is 7.40. The molecule has 6 heteroatoms. The molecule has 0 spiro atoms. The van der Waals surface area contributed by atoms with Crippen LogP contribution in [0.2, 0.25) is 0 Å². The summed E-state index contributed by atoms with van der Waals surface area (Å²) >= 11 is 0. The number of nitrogens with one attached hydrogen (secondary N) is 2. The van der Waals surface area contributed by atoms with E-state index in [1.165, 1.54) is 25.7 Å². The van der Waals surface area contributed by atoms with E-state index < -0.39 is 0 Å². The molecule has 2 fully saturated rings. The van der Waals surface area contributed by atoms with Crippen molar-refractivity contribution in [3.63, 3.8) is 0 Å². The van der Waals surface area contributed by atoms with Crippen molar-refractivity contribution in [1.82, 2.24) is 15.1 Å². The molecule has 0 saturated carbocycles. The van der Waals surface area contributed by atoms with Crippen LogP contribution in [0.25, 0.3) is 0 Å². The number of hydrogen-bond acceptors (Lipinski definition) is 2. The number of carbonyl (C=O) groups is 1. The van der Waals surface area contributed by atoms with Gasteiger partial charge in [0, 0.05) is 45.5 Å². The fraction of sp³-hybridized carbons (Fsp3) is 0.652. The highest BCUT2D eigenvalue weighted by Gasteiger charge is 2.31. The lowest BCUT2D eigenvalue weighted by Gasteiger charge is -2.42.